The summed E-state index contributed by atoms with van der Waals surface area (Å²) in [5.74, 6) is 0.329. The lowest BCUT2D eigenvalue weighted by Gasteiger charge is -2.11. The molecular formula is C16H15N7O2S2. The van der Waals surface area contributed by atoms with Crippen LogP contribution in [-0.2, 0) is 16.3 Å². The van der Waals surface area contributed by atoms with Gasteiger partial charge in [0.25, 0.3) is 5.56 Å². The molecule has 0 amide bonds. The Labute approximate surface area is 159 Å². The van der Waals surface area contributed by atoms with Gasteiger partial charge in [-0.15, -0.1) is 10.9 Å². The minimum atomic E-state index is -2.98. The molecule has 1 unspecified atom stereocenters. The summed E-state index contributed by atoms with van der Waals surface area (Å²) >= 11 is 1.35. The van der Waals surface area contributed by atoms with Crippen LogP contribution in [0.25, 0.3) is 16.9 Å². The standard InChI is InChI=1S/C16H15N7O2S2/c1-4-8-22-15(24)11-9-18-16(26-2)21-14(11)23(22)12-6-5-7-13(20-12)27(3,25)19-10-17/h4-7,9H,1,8H2,2-3H3. The molecular weight excluding hydrogens is 386 g/mol. The van der Waals surface area contributed by atoms with E-state index in [0.29, 0.717) is 22.0 Å². The average molecular weight is 401 g/mol. The number of allylic oxidation sites excluding steroid dienone is 1. The van der Waals surface area contributed by atoms with Crippen LogP contribution >= 0.6 is 11.8 Å². The number of nitriles is 1. The molecule has 3 rings (SSSR count). The summed E-state index contributed by atoms with van der Waals surface area (Å²) in [6.07, 6.45) is 7.78. The smallest absolute Gasteiger partial charge is 0.267 e. The van der Waals surface area contributed by atoms with Crippen molar-refractivity contribution in [2.75, 3.05) is 12.5 Å². The van der Waals surface area contributed by atoms with Crippen LogP contribution in [0.15, 0.2) is 56.4 Å². The maximum absolute atomic E-state index is 12.8. The van der Waals surface area contributed by atoms with Crippen molar-refractivity contribution in [1.82, 2.24) is 24.3 Å². The summed E-state index contributed by atoms with van der Waals surface area (Å²) in [6, 6.07) is 4.82. The second kappa shape index (κ2) is 7.34. The van der Waals surface area contributed by atoms with E-state index in [2.05, 4.69) is 25.9 Å². The molecule has 11 heteroatoms. The second-order valence-electron chi connectivity index (χ2n) is 5.41. The number of fused-ring (bicyclic) bond motifs is 1. The van der Waals surface area contributed by atoms with E-state index < -0.39 is 9.73 Å². The third kappa shape index (κ3) is 3.36. The first-order valence-electron chi connectivity index (χ1n) is 7.64. The largest absolute Gasteiger partial charge is 0.278 e. The van der Waals surface area contributed by atoms with Gasteiger partial charge in [0.05, 0.1) is 6.54 Å². The molecule has 0 saturated carbocycles. The first-order valence-corrected chi connectivity index (χ1v) is 10.8. The van der Waals surface area contributed by atoms with E-state index in [4.69, 9.17) is 5.26 Å². The van der Waals surface area contributed by atoms with Crippen LogP contribution in [-0.4, -0.2) is 41.0 Å². The summed E-state index contributed by atoms with van der Waals surface area (Å²) in [5.41, 5.74) is 0.0920. The molecule has 0 saturated heterocycles. The van der Waals surface area contributed by atoms with E-state index >= 15 is 0 Å². The summed E-state index contributed by atoms with van der Waals surface area (Å²) in [5, 5.41) is 9.74. The number of hydrogen-bond acceptors (Lipinski definition) is 8. The highest BCUT2D eigenvalue weighted by Gasteiger charge is 2.18. The van der Waals surface area contributed by atoms with Gasteiger partial charge in [0.1, 0.15) is 20.1 Å². The normalized spacial score (nSPS) is 13.1. The van der Waals surface area contributed by atoms with Crippen LogP contribution in [0.1, 0.15) is 0 Å². The lowest BCUT2D eigenvalue weighted by molar-refractivity contribution is 0.592. The fraction of sp³-hybridized carbons (Fsp3) is 0.188. The predicted octanol–water partition coefficient (Wildman–Crippen LogP) is 1.82. The minimum absolute atomic E-state index is 0.139. The third-order valence-electron chi connectivity index (χ3n) is 3.67. The number of hydrogen-bond donors (Lipinski definition) is 0. The third-order valence-corrected chi connectivity index (χ3v) is 5.66. The van der Waals surface area contributed by atoms with Crippen molar-refractivity contribution in [2.45, 2.75) is 16.7 Å². The van der Waals surface area contributed by atoms with E-state index in [0.717, 1.165) is 0 Å². The summed E-state index contributed by atoms with van der Waals surface area (Å²) < 4.78 is 19.0. The molecule has 1 atom stereocenters. The zero-order chi connectivity index (χ0) is 19.6. The maximum Gasteiger partial charge on any atom is 0.278 e. The molecule has 0 aromatic carbocycles. The minimum Gasteiger partial charge on any atom is -0.267 e. The Kier molecular flexibility index (Phi) is 5.11. The molecule has 0 N–H and O–H groups in total. The van der Waals surface area contributed by atoms with Crippen molar-refractivity contribution >= 4 is 32.5 Å². The van der Waals surface area contributed by atoms with Gasteiger partial charge in [-0.3, -0.25) is 4.79 Å². The molecule has 3 heterocycles. The Hall–Kier alpha value is -2.97. The van der Waals surface area contributed by atoms with Crippen molar-refractivity contribution in [1.29, 1.82) is 5.26 Å². The van der Waals surface area contributed by atoms with E-state index in [1.807, 2.05) is 6.26 Å². The van der Waals surface area contributed by atoms with Gasteiger partial charge in [-0.1, -0.05) is 23.9 Å². The van der Waals surface area contributed by atoms with Gasteiger partial charge in [0, 0.05) is 12.5 Å². The fourth-order valence-electron chi connectivity index (χ4n) is 2.49. The lowest BCUT2D eigenvalue weighted by Crippen LogP contribution is -2.22. The molecule has 0 aliphatic rings. The Bertz CT molecular complexity index is 1260. The quantitative estimate of drug-likeness (QED) is 0.277. The van der Waals surface area contributed by atoms with E-state index in [-0.39, 0.29) is 17.1 Å². The van der Waals surface area contributed by atoms with E-state index in [1.54, 1.807) is 24.4 Å². The second-order valence-corrected chi connectivity index (χ2v) is 8.39. The van der Waals surface area contributed by atoms with Gasteiger partial charge >= 0.3 is 0 Å². The average Bonchev–Trinajstić information content (AvgIpc) is 2.93. The molecule has 0 aliphatic carbocycles. The molecule has 3 aromatic heterocycles. The van der Waals surface area contributed by atoms with Gasteiger partial charge in [-0.05, 0) is 18.4 Å². The molecule has 9 nitrogen and oxygen atoms in total. The van der Waals surface area contributed by atoms with Crippen molar-refractivity contribution in [3.8, 4) is 12.0 Å². The number of thioether (sulfide) groups is 1. The number of rotatable bonds is 5. The first kappa shape index (κ1) is 18.8. The van der Waals surface area contributed by atoms with Crippen LogP contribution in [0.5, 0.6) is 0 Å². The molecule has 0 spiro atoms. The highest BCUT2D eigenvalue weighted by atomic mass is 32.2. The summed E-state index contributed by atoms with van der Waals surface area (Å²) in [4.78, 5) is 25.7. The van der Waals surface area contributed by atoms with Crippen LogP contribution in [0.3, 0.4) is 0 Å². The van der Waals surface area contributed by atoms with Gasteiger partial charge in [-0.2, -0.15) is 5.26 Å². The van der Waals surface area contributed by atoms with Crippen molar-refractivity contribution in [3.05, 3.63) is 47.4 Å². The topological polar surface area (TPSA) is 119 Å². The lowest BCUT2D eigenvalue weighted by atomic mass is 10.4. The summed E-state index contributed by atoms with van der Waals surface area (Å²) in [6.45, 7) is 3.91. The highest BCUT2D eigenvalue weighted by Crippen LogP contribution is 2.19. The van der Waals surface area contributed by atoms with E-state index in [9.17, 15) is 9.00 Å². The highest BCUT2D eigenvalue weighted by molar-refractivity contribution is 7.98. The van der Waals surface area contributed by atoms with Gasteiger partial charge < -0.3 is 0 Å². The Morgan fingerprint density at radius 2 is 2.22 bits per heavy atom. The zero-order valence-corrected chi connectivity index (χ0v) is 16.2. The van der Waals surface area contributed by atoms with Gasteiger partial charge in [-0.25, -0.2) is 28.5 Å². The number of pyridine rings is 1. The molecule has 0 bridgehead atoms. The monoisotopic (exact) mass is 401 g/mol. The van der Waals surface area contributed by atoms with Crippen molar-refractivity contribution < 1.29 is 4.21 Å². The molecule has 0 aliphatic heterocycles. The Morgan fingerprint density at radius 3 is 2.89 bits per heavy atom. The molecule has 0 radical (unpaired) electrons. The van der Waals surface area contributed by atoms with Gasteiger partial charge in [0.2, 0.25) is 6.19 Å². The molecule has 27 heavy (non-hydrogen) atoms. The van der Waals surface area contributed by atoms with Crippen LogP contribution in [0, 0.1) is 11.5 Å². The van der Waals surface area contributed by atoms with Crippen LogP contribution < -0.4 is 5.56 Å². The molecule has 3 aromatic rings. The van der Waals surface area contributed by atoms with E-state index in [1.165, 1.54) is 39.6 Å². The summed E-state index contributed by atoms with van der Waals surface area (Å²) in [7, 11) is -2.98. The zero-order valence-electron chi connectivity index (χ0n) is 14.6. The van der Waals surface area contributed by atoms with Gasteiger partial charge in [0.15, 0.2) is 16.6 Å². The van der Waals surface area contributed by atoms with Crippen LogP contribution in [0.2, 0.25) is 0 Å². The predicted molar refractivity (Wildman–Crippen MR) is 103 cm³/mol. The SMILES string of the molecule is C=CCn1c(=O)c2cnc(SC)nc2n1-c1cccc(S(C)(=O)=NC#N)n1. The maximum atomic E-state index is 12.8. The molecule has 0 fully saturated rings. The van der Waals surface area contributed by atoms with Crippen molar-refractivity contribution in [3.63, 3.8) is 0 Å². The number of aromatic nitrogens is 5. The molecule has 138 valence electrons. The van der Waals surface area contributed by atoms with Crippen LogP contribution in [0.4, 0.5) is 0 Å². The number of nitrogens with zero attached hydrogens (tertiary/aromatic N) is 7. The first-order chi connectivity index (χ1) is 12.9. The Balaban J connectivity index is 2.37. The van der Waals surface area contributed by atoms with Crippen molar-refractivity contribution in [2.24, 2.45) is 4.36 Å². The Morgan fingerprint density at radius 1 is 1.44 bits per heavy atom. The fourth-order valence-corrected chi connectivity index (χ4v) is 3.67.